The second kappa shape index (κ2) is 5.34. The number of aromatic nitrogens is 1. The Hall–Kier alpha value is -0.320. The predicted octanol–water partition coefficient (Wildman–Crippen LogP) is 3.29. The molecule has 1 aromatic heterocycles. The van der Waals surface area contributed by atoms with Gasteiger partial charge in [-0.1, -0.05) is 18.5 Å². The van der Waals surface area contributed by atoms with Gasteiger partial charge in [0.25, 0.3) is 0 Å². The zero-order valence-corrected chi connectivity index (χ0v) is 11.9. The molecule has 1 aromatic rings. The SMILES string of the molecule is CCC(N)Cc1sc(NC(C)(C)C)nc1Cl. The van der Waals surface area contributed by atoms with Gasteiger partial charge in [0.2, 0.25) is 0 Å². The number of hydrogen-bond donors (Lipinski definition) is 2. The first kappa shape index (κ1) is 13.7. The summed E-state index contributed by atoms with van der Waals surface area (Å²) in [5.41, 5.74) is 5.92. The Morgan fingerprint density at radius 1 is 1.50 bits per heavy atom. The fourth-order valence-electron chi connectivity index (χ4n) is 1.22. The number of nitrogens with zero attached hydrogens (tertiary/aromatic N) is 1. The van der Waals surface area contributed by atoms with Crippen molar-refractivity contribution in [1.82, 2.24) is 4.98 Å². The molecule has 0 aliphatic carbocycles. The van der Waals surface area contributed by atoms with E-state index in [1.54, 1.807) is 11.3 Å². The molecule has 16 heavy (non-hydrogen) atoms. The normalized spacial score (nSPS) is 13.9. The molecule has 1 atom stereocenters. The van der Waals surface area contributed by atoms with Gasteiger partial charge in [-0.3, -0.25) is 0 Å². The van der Waals surface area contributed by atoms with E-state index in [0.717, 1.165) is 22.9 Å². The van der Waals surface area contributed by atoms with Crippen molar-refractivity contribution in [3.8, 4) is 0 Å². The van der Waals surface area contributed by atoms with Gasteiger partial charge in [-0.05, 0) is 27.2 Å². The van der Waals surface area contributed by atoms with Gasteiger partial charge in [0.15, 0.2) is 5.13 Å². The van der Waals surface area contributed by atoms with Gasteiger partial charge in [-0.2, -0.15) is 0 Å². The quantitative estimate of drug-likeness (QED) is 0.875. The zero-order valence-electron chi connectivity index (χ0n) is 10.3. The van der Waals surface area contributed by atoms with Gasteiger partial charge in [0.05, 0.1) is 0 Å². The molecule has 3 N–H and O–H groups in total. The van der Waals surface area contributed by atoms with Gasteiger partial charge in [0.1, 0.15) is 5.15 Å². The first-order chi connectivity index (χ1) is 7.31. The molecule has 5 heteroatoms. The summed E-state index contributed by atoms with van der Waals surface area (Å²) < 4.78 is 0. The Morgan fingerprint density at radius 3 is 2.62 bits per heavy atom. The molecule has 0 bridgehead atoms. The zero-order chi connectivity index (χ0) is 12.3. The van der Waals surface area contributed by atoms with E-state index < -0.39 is 0 Å². The van der Waals surface area contributed by atoms with Crippen LogP contribution in [0.1, 0.15) is 39.0 Å². The van der Waals surface area contributed by atoms with Crippen LogP contribution in [0, 0.1) is 0 Å². The summed E-state index contributed by atoms with van der Waals surface area (Å²) in [5, 5.41) is 4.77. The number of halogens is 1. The monoisotopic (exact) mass is 261 g/mol. The van der Waals surface area contributed by atoms with Crippen LogP contribution in [0.15, 0.2) is 0 Å². The maximum Gasteiger partial charge on any atom is 0.184 e. The molecule has 1 unspecified atom stereocenters. The molecule has 92 valence electrons. The Labute approximate surface area is 106 Å². The molecule has 3 nitrogen and oxygen atoms in total. The van der Waals surface area contributed by atoms with Gasteiger partial charge in [-0.15, -0.1) is 11.3 Å². The fraction of sp³-hybridized carbons (Fsp3) is 0.727. The molecule has 1 heterocycles. The highest BCUT2D eigenvalue weighted by molar-refractivity contribution is 7.16. The lowest BCUT2D eigenvalue weighted by Gasteiger charge is -2.19. The van der Waals surface area contributed by atoms with Crippen LogP contribution >= 0.6 is 22.9 Å². The predicted molar refractivity (Wildman–Crippen MR) is 72.5 cm³/mol. The second-order valence-electron chi connectivity index (χ2n) is 4.98. The molecule has 0 aliphatic rings. The summed E-state index contributed by atoms with van der Waals surface area (Å²) in [6, 6.07) is 0.167. The van der Waals surface area contributed by atoms with Crippen molar-refractivity contribution in [2.24, 2.45) is 5.73 Å². The topological polar surface area (TPSA) is 50.9 Å². The van der Waals surface area contributed by atoms with Crippen molar-refractivity contribution in [2.75, 3.05) is 5.32 Å². The van der Waals surface area contributed by atoms with Crippen molar-refractivity contribution < 1.29 is 0 Å². The van der Waals surface area contributed by atoms with Crippen molar-refractivity contribution in [2.45, 2.75) is 52.1 Å². The van der Waals surface area contributed by atoms with Crippen LogP contribution in [0.4, 0.5) is 5.13 Å². The molecule has 0 radical (unpaired) electrons. The van der Waals surface area contributed by atoms with E-state index in [0.29, 0.717) is 5.15 Å². The van der Waals surface area contributed by atoms with Crippen LogP contribution < -0.4 is 11.1 Å². The lowest BCUT2D eigenvalue weighted by Crippen LogP contribution is -2.25. The van der Waals surface area contributed by atoms with Crippen LogP contribution in [0.5, 0.6) is 0 Å². The van der Waals surface area contributed by atoms with Gasteiger partial charge >= 0.3 is 0 Å². The molecule has 0 aliphatic heterocycles. The molecule has 0 amide bonds. The lowest BCUT2D eigenvalue weighted by molar-refractivity contribution is 0.633. The summed E-state index contributed by atoms with van der Waals surface area (Å²) in [6.45, 7) is 8.37. The number of nitrogens with two attached hydrogens (primary N) is 1. The van der Waals surface area contributed by atoms with Crippen molar-refractivity contribution in [3.05, 3.63) is 10.0 Å². The summed E-state index contributed by atoms with van der Waals surface area (Å²) in [5.74, 6) is 0. The Balaban J connectivity index is 2.74. The van der Waals surface area contributed by atoms with Gasteiger partial charge in [0, 0.05) is 22.9 Å². The minimum atomic E-state index is 0.00528. The second-order valence-corrected chi connectivity index (χ2v) is 6.42. The molecule has 0 aromatic carbocycles. The third kappa shape index (κ3) is 4.28. The summed E-state index contributed by atoms with van der Waals surface area (Å²) >= 11 is 7.67. The van der Waals surface area contributed by atoms with Crippen LogP contribution in [0.25, 0.3) is 0 Å². The maximum atomic E-state index is 6.08. The summed E-state index contributed by atoms with van der Waals surface area (Å²) in [6.07, 6.45) is 1.76. The number of hydrogen-bond acceptors (Lipinski definition) is 4. The van der Waals surface area contributed by atoms with E-state index in [1.165, 1.54) is 0 Å². The number of anilines is 1. The maximum absolute atomic E-state index is 6.08. The van der Waals surface area contributed by atoms with Crippen molar-refractivity contribution in [3.63, 3.8) is 0 Å². The standard InChI is InChI=1S/C11H20ClN3S/c1-5-7(13)6-8-9(12)14-10(16-8)15-11(2,3)4/h7H,5-6,13H2,1-4H3,(H,14,15). The lowest BCUT2D eigenvalue weighted by atomic mass is 10.1. The molecule has 0 fully saturated rings. The highest BCUT2D eigenvalue weighted by Crippen LogP contribution is 2.29. The van der Waals surface area contributed by atoms with Gasteiger partial charge < -0.3 is 11.1 Å². The molecular weight excluding hydrogens is 242 g/mol. The van der Waals surface area contributed by atoms with Crippen LogP contribution in [0.2, 0.25) is 5.15 Å². The smallest absolute Gasteiger partial charge is 0.184 e. The highest BCUT2D eigenvalue weighted by atomic mass is 35.5. The Morgan fingerprint density at radius 2 is 2.12 bits per heavy atom. The van der Waals surface area contributed by atoms with E-state index in [-0.39, 0.29) is 11.6 Å². The third-order valence-corrected chi connectivity index (χ3v) is 3.52. The van der Waals surface area contributed by atoms with E-state index in [4.69, 9.17) is 17.3 Å². The van der Waals surface area contributed by atoms with Gasteiger partial charge in [-0.25, -0.2) is 4.98 Å². The highest BCUT2D eigenvalue weighted by Gasteiger charge is 2.16. The Bertz CT molecular complexity index is 343. The average Bonchev–Trinajstić information content (AvgIpc) is 2.43. The molecule has 0 saturated heterocycles. The van der Waals surface area contributed by atoms with E-state index in [1.807, 2.05) is 0 Å². The summed E-state index contributed by atoms with van der Waals surface area (Å²) in [7, 11) is 0. The first-order valence-electron chi connectivity index (χ1n) is 5.50. The molecule has 0 spiro atoms. The average molecular weight is 262 g/mol. The first-order valence-corrected chi connectivity index (χ1v) is 6.70. The van der Waals surface area contributed by atoms with E-state index >= 15 is 0 Å². The Kier molecular flexibility index (Phi) is 4.59. The number of thiazole rings is 1. The fourth-order valence-corrected chi connectivity index (χ4v) is 2.70. The van der Waals surface area contributed by atoms with E-state index in [9.17, 15) is 0 Å². The molecule has 0 saturated carbocycles. The van der Waals surface area contributed by atoms with Crippen LogP contribution in [-0.2, 0) is 6.42 Å². The number of nitrogens with one attached hydrogen (secondary N) is 1. The minimum Gasteiger partial charge on any atom is -0.357 e. The van der Waals surface area contributed by atoms with Crippen molar-refractivity contribution in [1.29, 1.82) is 0 Å². The van der Waals surface area contributed by atoms with Crippen LogP contribution in [-0.4, -0.2) is 16.6 Å². The minimum absolute atomic E-state index is 0.00528. The van der Waals surface area contributed by atoms with Crippen molar-refractivity contribution >= 4 is 28.1 Å². The largest absolute Gasteiger partial charge is 0.357 e. The van der Waals surface area contributed by atoms with Crippen LogP contribution in [0.3, 0.4) is 0 Å². The number of rotatable bonds is 4. The third-order valence-electron chi connectivity index (χ3n) is 2.10. The molecular formula is C11H20ClN3S. The van der Waals surface area contributed by atoms with E-state index in [2.05, 4.69) is 38.0 Å². The molecule has 1 rings (SSSR count). The summed E-state index contributed by atoms with van der Waals surface area (Å²) in [4.78, 5) is 5.37.